The highest BCUT2D eigenvalue weighted by Crippen LogP contribution is 2.32. The first-order valence-corrected chi connectivity index (χ1v) is 11.9. The van der Waals surface area contributed by atoms with E-state index in [0.717, 1.165) is 30.6 Å². The third-order valence-corrected chi connectivity index (χ3v) is 6.81. The molecule has 32 heavy (non-hydrogen) atoms. The molecule has 3 aromatic rings. The maximum Gasteiger partial charge on any atom is 0.248 e. The summed E-state index contributed by atoms with van der Waals surface area (Å²) in [4.78, 5) is 29.2. The molecule has 1 fully saturated rings. The van der Waals surface area contributed by atoms with Crippen molar-refractivity contribution < 1.29 is 14.0 Å². The topological polar surface area (TPSA) is 49.4 Å². The summed E-state index contributed by atoms with van der Waals surface area (Å²) in [7, 11) is 0. The van der Waals surface area contributed by atoms with E-state index >= 15 is 0 Å². The van der Waals surface area contributed by atoms with Crippen LogP contribution in [-0.2, 0) is 16.0 Å². The molecule has 7 heteroatoms. The Morgan fingerprint density at radius 2 is 1.78 bits per heavy atom. The van der Waals surface area contributed by atoms with Gasteiger partial charge in [0.25, 0.3) is 0 Å². The van der Waals surface area contributed by atoms with Gasteiger partial charge >= 0.3 is 0 Å². The maximum absolute atomic E-state index is 14.9. The summed E-state index contributed by atoms with van der Waals surface area (Å²) < 4.78 is 14.9. The predicted molar refractivity (Wildman–Crippen MR) is 127 cm³/mol. The van der Waals surface area contributed by atoms with Crippen LogP contribution in [0, 0.1) is 5.82 Å². The van der Waals surface area contributed by atoms with Gasteiger partial charge in [0.1, 0.15) is 11.9 Å². The highest BCUT2D eigenvalue weighted by atomic mass is 35.5. The minimum atomic E-state index is -1.02. The molecule has 1 aliphatic rings. The smallest absolute Gasteiger partial charge is 0.248 e. The largest absolute Gasteiger partial charge is 0.351 e. The highest BCUT2D eigenvalue weighted by molar-refractivity contribution is 7.10. The number of nitrogens with one attached hydrogen (secondary N) is 1. The maximum atomic E-state index is 14.9. The molecule has 0 saturated heterocycles. The molecule has 1 aromatic heterocycles. The number of hydrogen-bond acceptors (Lipinski definition) is 3. The Bertz CT molecular complexity index is 1070. The molecule has 4 nitrogen and oxygen atoms in total. The number of carbonyl (C=O) groups excluding carboxylic acids is 2. The molecule has 0 aliphatic heterocycles. The second-order valence-electron chi connectivity index (χ2n) is 7.92. The molecule has 0 spiro atoms. The number of amides is 2. The molecule has 0 bridgehead atoms. The zero-order valence-corrected chi connectivity index (χ0v) is 19.0. The van der Waals surface area contributed by atoms with Crippen LogP contribution in [0.4, 0.5) is 10.1 Å². The Morgan fingerprint density at radius 3 is 2.44 bits per heavy atom. The zero-order valence-electron chi connectivity index (χ0n) is 17.5. The van der Waals surface area contributed by atoms with Gasteiger partial charge in [0, 0.05) is 15.9 Å². The Kier molecular flexibility index (Phi) is 7.22. The summed E-state index contributed by atoms with van der Waals surface area (Å²) in [5.41, 5.74) is 0.656. The molecule has 1 saturated carbocycles. The number of rotatable bonds is 7. The van der Waals surface area contributed by atoms with Crippen LogP contribution >= 0.6 is 22.9 Å². The first kappa shape index (κ1) is 22.5. The summed E-state index contributed by atoms with van der Waals surface area (Å²) in [5.74, 6) is -1.22. The van der Waals surface area contributed by atoms with Gasteiger partial charge in [-0.3, -0.25) is 14.5 Å². The van der Waals surface area contributed by atoms with E-state index < -0.39 is 11.9 Å². The van der Waals surface area contributed by atoms with Crippen LogP contribution < -0.4 is 10.2 Å². The number of carbonyl (C=O) groups is 2. The second-order valence-corrected chi connectivity index (χ2v) is 9.38. The van der Waals surface area contributed by atoms with Crippen LogP contribution in [0.1, 0.15) is 42.2 Å². The van der Waals surface area contributed by atoms with Crippen LogP contribution in [0.5, 0.6) is 0 Å². The lowest BCUT2D eigenvalue weighted by Crippen LogP contribution is -2.47. The van der Waals surface area contributed by atoms with E-state index in [1.165, 1.54) is 28.4 Å². The van der Waals surface area contributed by atoms with Gasteiger partial charge in [-0.15, -0.1) is 11.3 Å². The first-order chi connectivity index (χ1) is 15.5. The van der Waals surface area contributed by atoms with Crippen molar-refractivity contribution in [2.75, 3.05) is 4.90 Å². The average molecular weight is 471 g/mol. The van der Waals surface area contributed by atoms with Crippen molar-refractivity contribution in [3.63, 3.8) is 0 Å². The van der Waals surface area contributed by atoms with Crippen molar-refractivity contribution in [1.82, 2.24) is 5.32 Å². The number of anilines is 1. The molecule has 166 valence electrons. The van der Waals surface area contributed by atoms with E-state index in [-0.39, 0.29) is 30.0 Å². The van der Waals surface area contributed by atoms with Crippen LogP contribution in [0.3, 0.4) is 0 Å². The second kappa shape index (κ2) is 10.3. The molecule has 1 heterocycles. The molecule has 1 N–H and O–H groups in total. The highest BCUT2D eigenvalue weighted by Gasteiger charge is 2.35. The number of nitrogens with zero attached hydrogens (tertiary/aromatic N) is 1. The molecular formula is C25H24ClFN2O2S. The summed E-state index contributed by atoms with van der Waals surface area (Å²) in [6.45, 7) is 0. The third-order valence-electron chi connectivity index (χ3n) is 5.68. The fraction of sp³-hybridized carbons (Fsp3) is 0.280. The quantitative estimate of drug-likeness (QED) is 0.466. The van der Waals surface area contributed by atoms with Gasteiger partial charge in [-0.1, -0.05) is 54.8 Å². The SMILES string of the molecule is O=C(NC1CCCC1)[C@H](c1ccc(Cl)cc1)N(C(=O)Cc1cccs1)c1ccccc1F. The van der Waals surface area contributed by atoms with E-state index in [1.54, 1.807) is 36.4 Å². The van der Waals surface area contributed by atoms with Gasteiger partial charge in [-0.05, 0) is 54.1 Å². The van der Waals surface area contributed by atoms with Crippen molar-refractivity contribution in [3.05, 3.63) is 87.3 Å². The minimum absolute atomic E-state index is 0.0622. The number of hydrogen-bond donors (Lipinski definition) is 1. The summed E-state index contributed by atoms with van der Waals surface area (Å²) in [6, 6.07) is 15.6. The molecule has 2 amide bonds. The summed E-state index contributed by atoms with van der Waals surface area (Å²) >= 11 is 7.53. The van der Waals surface area contributed by atoms with Crippen molar-refractivity contribution in [2.45, 2.75) is 44.2 Å². The molecule has 1 aliphatic carbocycles. The molecule has 1 atom stereocenters. The van der Waals surface area contributed by atoms with Gasteiger partial charge in [-0.25, -0.2) is 4.39 Å². The fourth-order valence-corrected chi connectivity index (χ4v) is 4.95. The molecule has 4 rings (SSSR count). The summed E-state index contributed by atoms with van der Waals surface area (Å²) in [5, 5.41) is 5.50. The minimum Gasteiger partial charge on any atom is -0.351 e. The number of para-hydroxylation sites is 1. The number of thiophene rings is 1. The Hall–Kier alpha value is -2.70. The summed E-state index contributed by atoms with van der Waals surface area (Å²) in [6.07, 6.45) is 4.01. The van der Waals surface area contributed by atoms with Crippen molar-refractivity contribution >= 4 is 40.4 Å². The van der Waals surface area contributed by atoms with Gasteiger partial charge in [0.15, 0.2) is 0 Å². The van der Waals surface area contributed by atoms with Crippen molar-refractivity contribution in [1.29, 1.82) is 0 Å². The van der Waals surface area contributed by atoms with Crippen LogP contribution in [0.2, 0.25) is 5.02 Å². The van der Waals surface area contributed by atoms with E-state index in [2.05, 4.69) is 5.32 Å². The molecule has 0 unspecified atom stereocenters. The average Bonchev–Trinajstić information content (AvgIpc) is 3.48. The van der Waals surface area contributed by atoms with Gasteiger partial charge in [0.05, 0.1) is 12.1 Å². The third kappa shape index (κ3) is 5.19. The Labute approximate surface area is 196 Å². The van der Waals surface area contributed by atoms with Gasteiger partial charge in [0.2, 0.25) is 11.8 Å². The number of benzene rings is 2. The molecule has 0 radical (unpaired) electrons. The lowest BCUT2D eigenvalue weighted by molar-refractivity contribution is -0.127. The standard InChI is InChI=1S/C25H24ClFN2O2S/c26-18-13-11-17(12-14-18)24(25(31)28-19-6-1-2-7-19)29(22-10-4-3-9-21(22)27)23(30)16-20-8-5-15-32-20/h3-5,8-15,19,24H,1-2,6-7,16H2,(H,28,31)/t24-/m0/s1. The molecular weight excluding hydrogens is 447 g/mol. The van der Waals surface area contributed by atoms with E-state index in [4.69, 9.17) is 11.6 Å². The Morgan fingerprint density at radius 1 is 1.06 bits per heavy atom. The van der Waals surface area contributed by atoms with Gasteiger partial charge in [-0.2, -0.15) is 0 Å². The normalized spacial score (nSPS) is 14.8. The van der Waals surface area contributed by atoms with Crippen molar-refractivity contribution in [2.24, 2.45) is 0 Å². The fourth-order valence-electron chi connectivity index (χ4n) is 4.12. The van der Waals surface area contributed by atoms with Crippen LogP contribution in [0.15, 0.2) is 66.0 Å². The van der Waals surface area contributed by atoms with Crippen LogP contribution in [-0.4, -0.2) is 17.9 Å². The lowest BCUT2D eigenvalue weighted by Gasteiger charge is -2.32. The van der Waals surface area contributed by atoms with E-state index in [9.17, 15) is 14.0 Å². The van der Waals surface area contributed by atoms with E-state index in [1.807, 2.05) is 17.5 Å². The lowest BCUT2D eigenvalue weighted by atomic mass is 10.0. The van der Waals surface area contributed by atoms with Crippen molar-refractivity contribution in [3.8, 4) is 0 Å². The van der Waals surface area contributed by atoms with E-state index in [0.29, 0.717) is 10.6 Å². The first-order valence-electron chi connectivity index (χ1n) is 10.7. The number of halogens is 2. The monoisotopic (exact) mass is 470 g/mol. The zero-order chi connectivity index (χ0) is 22.5. The van der Waals surface area contributed by atoms with Crippen LogP contribution in [0.25, 0.3) is 0 Å². The Balaban J connectivity index is 1.77. The van der Waals surface area contributed by atoms with Gasteiger partial charge < -0.3 is 5.32 Å². The predicted octanol–water partition coefficient (Wildman–Crippen LogP) is 5.92. The molecule has 2 aromatic carbocycles.